The lowest BCUT2D eigenvalue weighted by Gasteiger charge is -2.11. The van der Waals surface area contributed by atoms with Crippen molar-refractivity contribution in [2.75, 3.05) is 7.11 Å². The van der Waals surface area contributed by atoms with Gasteiger partial charge in [-0.2, -0.15) is 5.10 Å². The minimum absolute atomic E-state index is 0.198. The smallest absolute Gasteiger partial charge is 0.335 e. The van der Waals surface area contributed by atoms with Gasteiger partial charge in [-0.3, -0.25) is 4.79 Å². The summed E-state index contributed by atoms with van der Waals surface area (Å²) in [5.41, 5.74) is 5.31. The summed E-state index contributed by atoms with van der Waals surface area (Å²) >= 11 is 4.37. The van der Waals surface area contributed by atoms with Crippen LogP contribution in [0.2, 0.25) is 0 Å². The molecule has 0 aliphatic heterocycles. The maximum Gasteiger partial charge on any atom is 0.335 e. The number of hydrogen-bond donors (Lipinski definition) is 2. The van der Waals surface area contributed by atoms with Crippen LogP contribution in [0.25, 0.3) is 0 Å². The molecule has 0 aromatic heterocycles. The molecule has 0 heterocycles. The zero-order chi connectivity index (χ0) is 23.8. The number of methoxy groups -OCH3 is 1. The first-order valence-corrected chi connectivity index (χ1v) is 11.9. The number of halogens is 2. The van der Waals surface area contributed by atoms with Crippen molar-refractivity contribution in [3.8, 4) is 11.5 Å². The average molecular weight is 670 g/mol. The molecule has 3 aromatic rings. The lowest BCUT2D eigenvalue weighted by atomic mass is 10.1. The van der Waals surface area contributed by atoms with E-state index in [0.29, 0.717) is 12.4 Å². The molecule has 0 saturated carbocycles. The number of hydrogen-bond acceptors (Lipinski definition) is 5. The first kappa shape index (κ1) is 25.0. The highest BCUT2D eigenvalue weighted by atomic mass is 127. The number of amides is 1. The van der Waals surface area contributed by atoms with E-state index in [4.69, 9.17) is 14.6 Å². The van der Waals surface area contributed by atoms with Crippen molar-refractivity contribution in [3.63, 3.8) is 0 Å². The van der Waals surface area contributed by atoms with Crippen LogP contribution >= 0.6 is 45.2 Å². The molecule has 3 aromatic carbocycles. The van der Waals surface area contributed by atoms with Gasteiger partial charge in [0.25, 0.3) is 0 Å². The summed E-state index contributed by atoms with van der Waals surface area (Å²) in [6, 6.07) is 17.7. The molecule has 0 fully saturated rings. The number of rotatable bonds is 9. The molecule has 33 heavy (non-hydrogen) atoms. The van der Waals surface area contributed by atoms with Crippen LogP contribution in [0.15, 0.2) is 65.8 Å². The largest absolute Gasteiger partial charge is 0.497 e. The highest BCUT2D eigenvalue weighted by Gasteiger charge is 2.10. The molecule has 0 spiro atoms. The highest BCUT2D eigenvalue weighted by Crippen LogP contribution is 2.29. The molecule has 0 unspecified atom stereocenters. The zero-order valence-corrected chi connectivity index (χ0v) is 21.9. The van der Waals surface area contributed by atoms with Crippen molar-refractivity contribution in [2.24, 2.45) is 5.10 Å². The summed E-state index contributed by atoms with van der Waals surface area (Å²) in [4.78, 5) is 23.1. The van der Waals surface area contributed by atoms with Crippen LogP contribution in [-0.2, 0) is 17.8 Å². The third-order valence-corrected chi connectivity index (χ3v) is 6.11. The molecular formula is C24H20I2N2O5. The number of ether oxygens (including phenoxy) is 2. The van der Waals surface area contributed by atoms with Crippen molar-refractivity contribution in [1.82, 2.24) is 5.43 Å². The van der Waals surface area contributed by atoms with Crippen LogP contribution in [0.3, 0.4) is 0 Å². The fourth-order valence-corrected chi connectivity index (χ4v) is 5.00. The summed E-state index contributed by atoms with van der Waals surface area (Å²) in [6.45, 7) is 0.319. The second-order valence-corrected chi connectivity index (χ2v) is 9.25. The average Bonchev–Trinajstić information content (AvgIpc) is 2.79. The molecule has 0 aliphatic rings. The van der Waals surface area contributed by atoms with Gasteiger partial charge in [0.15, 0.2) is 0 Å². The molecule has 0 atom stereocenters. The summed E-state index contributed by atoms with van der Waals surface area (Å²) < 4.78 is 12.9. The number of benzene rings is 3. The van der Waals surface area contributed by atoms with Crippen LogP contribution in [-0.4, -0.2) is 30.3 Å². The Balaban J connectivity index is 1.57. The van der Waals surface area contributed by atoms with E-state index < -0.39 is 5.97 Å². The fraction of sp³-hybridized carbons (Fsp3) is 0.125. The van der Waals surface area contributed by atoms with Gasteiger partial charge >= 0.3 is 5.97 Å². The molecule has 2 N–H and O–H groups in total. The van der Waals surface area contributed by atoms with Gasteiger partial charge in [0.1, 0.15) is 18.1 Å². The van der Waals surface area contributed by atoms with Gasteiger partial charge in [-0.05, 0) is 98.3 Å². The standard InChI is InChI=1S/C24H20I2N2O5/c1-32-19-4-2-3-16(9-19)12-22(29)28-27-13-17-10-20(25)23(21(26)11-17)33-14-15-5-7-18(8-6-15)24(30)31/h2-11,13H,12,14H2,1H3,(H,28,29)(H,30,31)/b27-13+. The van der Waals surface area contributed by atoms with Crippen LogP contribution in [0.5, 0.6) is 11.5 Å². The Hall–Kier alpha value is -2.67. The van der Waals surface area contributed by atoms with Crippen molar-refractivity contribution in [1.29, 1.82) is 0 Å². The van der Waals surface area contributed by atoms with E-state index >= 15 is 0 Å². The Labute approximate surface area is 218 Å². The third kappa shape index (κ3) is 7.42. The summed E-state index contributed by atoms with van der Waals surface area (Å²) in [7, 11) is 1.58. The maximum absolute atomic E-state index is 12.1. The van der Waals surface area contributed by atoms with E-state index in [9.17, 15) is 9.59 Å². The maximum atomic E-state index is 12.1. The van der Waals surface area contributed by atoms with E-state index in [-0.39, 0.29) is 17.9 Å². The summed E-state index contributed by atoms with van der Waals surface area (Å²) in [6.07, 6.45) is 1.78. The molecule has 9 heteroatoms. The van der Waals surface area contributed by atoms with E-state index in [0.717, 1.165) is 29.6 Å². The number of nitrogens with one attached hydrogen (secondary N) is 1. The number of carbonyl (C=O) groups excluding carboxylic acids is 1. The van der Waals surface area contributed by atoms with Crippen LogP contribution in [0.4, 0.5) is 0 Å². The van der Waals surface area contributed by atoms with E-state index in [1.54, 1.807) is 37.6 Å². The van der Waals surface area contributed by atoms with Gasteiger partial charge in [0, 0.05) is 0 Å². The molecule has 7 nitrogen and oxygen atoms in total. The monoisotopic (exact) mass is 670 g/mol. The second kappa shape index (κ2) is 12.0. The van der Waals surface area contributed by atoms with Gasteiger partial charge in [-0.25, -0.2) is 10.2 Å². The number of aromatic carboxylic acids is 1. The number of carboxylic acids is 1. The molecule has 3 rings (SSSR count). The SMILES string of the molecule is COc1cccc(CC(=O)N/N=C/c2cc(I)c(OCc3ccc(C(=O)O)cc3)c(I)c2)c1. The van der Waals surface area contributed by atoms with Gasteiger partial charge in [0.05, 0.1) is 32.4 Å². The molecule has 1 amide bonds. The molecule has 0 bridgehead atoms. The number of hydrazone groups is 1. The van der Waals surface area contributed by atoms with Gasteiger partial charge in [0.2, 0.25) is 5.91 Å². The molecule has 0 radical (unpaired) electrons. The lowest BCUT2D eigenvalue weighted by molar-refractivity contribution is -0.120. The molecule has 0 aliphatic carbocycles. The van der Waals surface area contributed by atoms with Crippen molar-refractivity contribution >= 4 is 63.3 Å². The fourth-order valence-electron chi connectivity index (χ4n) is 2.88. The van der Waals surface area contributed by atoms with E-state index in [2.05, 4.69) is 55.7 Å². The summed E-state index contributed by atoms with van der Waals surface area (Å²) in [5.74, 6) is 0.253. The first-order chi connectivity index (χ1) is 15.9. The Morgan fingerprint density at radius 2 is 1.73 bits per heavy atom. The molecule has 0 saturated heterocycles. The van der Waals surface area contributed by atoms with Crippen molar-refractivity contribution < 1.29 is 24.2 Å². The number of carboxylic acid groups (broad SMARTS) is 1. The van der Waals surface area contributed by atoms with Gasteiger partial charge in [-0.15, -0.1) is 0 Å². The quantitative estimate of drug-likeness (QED) is 0.193. The van der Waals surface area contributed by atoms with Crippen LogP contribution in [0, 0.1) is 7.14 Å². The first-order valence-electron chi connectivity index (χ1n) is 9.74. The number of carbonyl (C=O) groups is 2. The van der Waals surface area contributed by atoms with Gasteiger partial charge < -0.3 is 14.6 Å². The number of nitrogens with zero attached hydrogens (tertiary/aromatic N) is 1. The normalized spacial score (nSPS) is 10.8. The molecular weight excluding hydrogens is 650 g/mol. The Bertz CT molecular complexity index is 1160. The van der Waals surface area contributed by atoms with Gasteiger partial charge in [-0.1, -0.05) is 24.3 Å². The topological polar surface area (TPSA) is 97.2 Å². The van der Waals surface area contributed by atoms with Crippen LogP contribution in [0.1, 0.15) is 27.0 Å². The second-order valence-electron chi connectivity index (χ2n) is 6.93. The van der Waals surface area contributed by atoms with E-state index in [1.807, 2.05) is 36.4 Å². The molecule has 170 valence electrons. The Morgan fingerprint density at radius 3 is 2.36 bits per heavy atom. The third-order valence-electron chi connectivity index (χ3n) is 4.51. The zero-order valence-electron chi connectivity index (χ0n) is 17.5. The predicted molar refractivity (Wildman–Crippen MR) is 142 cm³/mol. The van der Waals surface area contributed by atoms with Crippen molar-refractivity contribution in [3.05, 3.63) is 90.1 Å². The Kier molecular flexibility index (Phi) is 9.06. The summed E-state index contributed by atoms with van der Waals surface area (Å²) in [5, 5.41) is 13.0. The minimum Gasteiger partial charge on any atom is -0.497 e. The Morgan fingerprint density at radius 1 is 1.03 bits per heavy atom. The van der Waals surface area contributed by atoms with Crippen molar-refractivity contribution in [2.45, 2.75) is 13.0 Å². The minimum atomic E-state index is -0.958. The predicted octanol–water partition coefficient (Wildman–Crippen LogP) is 4.87. The lowest BCUT2D eigenvalue weighted by Crippen LogP contribution is -2.19. The van der Waals surface area contributed by atoms with E-state index in [1.165, 1.54) is 0 Å². The van der Waals surface area contributed by atoms with Crippen LogP contribution < -0.4 is 14.9 Å². The highest BCUT2D eigenvalue weighted by molar-refractivity contribution is 14.1.